The lowest BCUT2D eigenvalue weighted by atomic mass is 10.1. The fourth-order valence-electron chi connectivity index (χ4n) is 2.46. The number of nitrogens with two attached hydrogens (primary N) is 1. The molecule has 1 atom stereocenters. The van der Waals surface area contributed by atoms with Gasteiger partial charge in [0, 0.05) is 30.2 Å². The highest BCUT2D eigenvalue weighted by Gasteiger charge is 2.25. The van der Waals surface area contributed by atoms with E-state index in [9.17, 15) is 12.8 Å². The zero-order valence-corrected chi connectivity index (χ0v) is 13.3. The standard InChI is InChI=1S/C13H19ClFN3O2S/c1-18-3-2-9(8-18)7-17-21(19,20)12-5-11(14)4-10(6-16)13(12)15/h4-5,9,17H,2-3,6-8,16H2,1H3. The molecule has 1 aromatic rings. The van der Waals surface area contributed by atoms with Crippen LogP contribution in [0.5, 0.6) is 0 Å². The molecule has 0 saturated carbocycles. The van der Waals surface area contributed by atoms with Gasteiger partial charge in [0.1, 0.15) is 10.7 Å². The van der Waals surface area contributed by atoms with E-state index in [0.717, 1.165) is 25.6 Å². The average molecular weight is 336 g/mol. The summed E-state index contributed by atoms with van der Waals surface area (Å²) < 4.78 is 41.1. The van der Waals surface area contributed by atoms with Crippen LogP contribution in [-0.2, 0) is 16.6 Å². The molecule has 1 unspecified atom stereocenters. The average Bonchev–Trinajstić information content (AvgIpc) is 2.84. The molecule has 0 bridgehead atoms. The van der Waals surface area contributed by atoms with Gasteiger partial charge in [0.15, 0.2) is 0 Å². The number of hydrogen-bond acceptors (Lipinski definition) is 4. The number of sulfonamides is 1. The largest absolute Gasteiger partial charge is 0.326 e. The van der Waals surface area contributed by atoms with Crippen LogP contribution >= 0.6 is 11.6 Å². The fourth-order valence-corrected chi connectivity index (χ4v) is 4.03. The van der Waals surface area contributed by atoms with Crippen molar-refractivity contribution in [1.29, 1.82) is 0 Å². The number of nitrogens with one attached hydrogen (secondary N) is 1. The predicted molar refractivity (Wildman–Crippen MR) is 80.1 cm³/mol. The quantitative estimate of drug-likeness (QED) is 0.847. The summed E-state index contributed by atoms with van der Waals surface area (Å²) >= 11 is 5.83. The molecule has 5 nitrogen and oxygen atoms in total. The van der Waals surface area contributed by atoms with Crippen molar-refractivity contribution >= 4 is 21.6 Å². The third-order valence-electron chi connectivity index (χ3n) is 3.64. The van der Waals surface area contributed by atoms with Crippen molar-refractivity contribution in [3.63, 3.8) is 0 Å². The van der Waals surface area contributed by atoms with Gasteiger partial charge in [-0.25, -0.2) is 17.5 Å². The maximum Gasteiger partial charge on any atom is 0.243 e. The molecule has 0 amide bonds. The maximum atomic E-state index is 14.1. The van der Waals surface area contributed by atoms with Gasteiger partial charge in [-0.3, -0.25) is 0 Å². The molecule has 8 heteroatoms. The molecule has 1 saturated heterocycles. The molecule has 2 rings (SSSR count). The Balaban J connectivity index is 2.17. The second kappa shape index (κ2) is 6.58. The van der Waals surface area contributed by atoms with Gasteiger partial charge in [0.25, 0.3) is 0 Å². The summed E-state index contributed by atoms with van der Waals surface area (Å²) in [4.78, 5) is 1.69. The Morgan fingerprint density at radius 2 is 2.24 bits per heavy atom. The van der Waals surface area contributed by atoms with Crippen LogP contribution in [0.25, 0.3) is 0 Å². The topological polar surface area (TPSA) is 75.4 Å². The van der Waals surface area contributed by atoms with E-state index in [0.29, 0.717) is 0 Å². The number of rotatable bonds is 5. The maximum absolute atomic E-state index is 14.1. The SMILES string of the molecule is CN1CCC(CNS(=O)(=O)c2cc(Cl)cc(CN)c2F)C1. The summed E-state index contributed by atoms with van der Waals surface area (Å²) in [6.45, 7) is 1.95. The van der Waals surface area contributed by atoms with Crippen molar-refractivity contribution in [2.45, 2.75) is 17.9 Å². The number of hydrogen-bond donors (Lipinski definition) is 2. The molecule has 3 N–H and O–H groups in total. The molecule has 1 heterocycles. The zero-order valence-electron chi connectivity index (χ0n) is 11.8. The first kappa shape index (κ1) is 16.6. The van der Waals surface area contributed by atoms with Crippen molar-refractivity contribution in [2.24, 2.45) is 11.7 Å². The van der Waals surface area contributed by atoms with Crippen LogP contribution in [0.4, 0.5) is 4.39 Å². The van der Waals surface area contributed by atoms with E-state index in [-0.39, 0.29) is 29.6 Å². The summed E-state index contributed by atoms with van der Waals surface area (Å²) in [5.74, 6) is -0.598. The Morgan fingerprint density at radius 3 is 2.81 bits per heavy atom. The predicted octanol–water partition coefficient (Wildman–Crippen LogP) is 1.17. The van der Waals surface area contributed by atoms with Gasteiger partial charge in [-0.05, 0) is 38.1 Å². The highest BCUT2D eigenvalue weighted by Crippen LogP contribution is 2.24. The molecule has 0 spiro atoms. The molecule has 118 valence electrons. The zero-order chi connectivity index (χ0) is 15.6. The minimum atomic E-state index is -3.93. The lowest BCUT2D eigenvalue weighted by Gasteiger charge is -2.14. The van der Waals surface area contributed by atoms with Crippen LogP contribution in [0, 0.1) is 11.7 Å². The first-order valence-electron chi connectivity index (χ1n) is 6.69. The first-order chi connectivity index (χ1) is 9.83. The summed E-state index contributed by atoms with van der Waals surface area (Å²) in [5.41, 5.74) is 5.49. The Morgan fingerprint density at radius 1 is 1.52 bits per heavy atom. The molecule has 1 aromatic carbocycles. The van der Waals surface area contributed by atoms with Crippen LogP contribution in [0.15, 0.2) is 17.0 Å². The molecule has 0 aliphatic carbocycles. The van der Waals surface area contributed by atoms with E-state index in [4.69, 9.17) is 17.3 Å². The molecule has 21 heavy (non-hydrogen) atoms. The van der Waals surface area contributed by atoms with Crippen molar-refractivity contribution in [2.75, 3.05) is 26.7 Å². The normalized spacial score (nSPS) is 20.1. The van der Waals surface area contributed by atoms with Crippen LogP contribution in [0.2, 0.25) is 5.02 Å². The molecule has 0 radical (unpaired) electrons. The Hall–Kier alpha value is -0.730. The van der Waals surface area contributed by atoms with E-state index in [1.807, 2.05) is 7.05 Å². The Bertz CT molecular complexity index is 624. The number of nitrogens with zero attached hydrogens (tertiary/aromatic N) is 1. The van der Waals surface area contributed by atoms with Crippen LogP contribution in [-0.4, -0.2) is 40.0 Å². The number of benzene rings is 1. The number of likely N-dealkylation sites (tertiary alicyclic amines) is 1. The Labute approximate surface area is 129 Å². The van der Waals surface area contributed by atoms with Crippen LogP contribution < -0.4 is 10.5 Å². The third-order valence-corrected chi connectivity index (χ3v) is 5.28. The lowest BCUT2D eigenvalue weighted by molar-refractivity contribution is 0.394. The van der Waals surface area contributed by atoms with Gasteiger partial charge in [-0.2, -0.15) is 0 Å². The van der Waals surface area contributed by atoms with Gasteiger partial charge in [-0.1, -0.05) is 11.6 Å². The van der Waals surface area contributed by atoms with Crippen molar-refractivity contribution in [1.82, 2.24) is 9.62 Å². The monoisotopic (exact) mass is 335 g/mol. The van der Waals surface area contributed by atoms with E-state index >= 15 is 0 Å². The van der Waals surface area contributed by atoms with Gasteiger partial charge < -0.3 is 10.6 Å². The second-order valence-corrected chi connectivity index (χ2v) is 7.52. The summed E-state index contributed by atoms with van der Waals surface area (Å²) in [7, 11) is -1.95. The summed E-state index contributed by atoms with van der Waals surface area (Å²) in [6, 6.07) is 2.45. The second-order valence-electron chi connectivity index (χ2n) is 5.35. The highest BCUT2D eigenvalue weighted by atomic mass is 35.5. The molecule has 0 aromatic heterocycles. The Kier molecular flexibility index (Phi) is 5.21. The smallest absolute Gasteiger partial charge is 0.243 e. The molecule has 1 aliphatic rings. The summed E-state index contributed by atoms with van der Waals surface area (Å²) in [6.07, 6.45) is 0.922. The lowest BCUT2D eigenvalue weighted by Crippen LogP contribution is -2.31. The minimum absolute atomic E-state index is 0.0866. The highest BCUT2D eigenvalue weighted by molar-refractivity contribution is 7.89. The van der Waals surface area contributed by atoms with Crippen LogP contribution in [0.1, 0.15) is 12.0 Å². The van der Waals surface area contributed by atoms with E-state index in [1.54, 1.807) is 0 Å². The van der Waals surface area contributed by atoms with E-state index < -0.39 is 20.7 Å². The molecular weight excluding hydrogens is 317 g/mol. The summed E-state index contributed by atoms with van der Waals surface area (Å²) in [5, 5.41) is 0.151. The van der Waals surface area contributed by atoms with Gasteiger partial charge in [0.2, 0.25) is 10.0 Å². The van der Waals surface area contributed by atoms with Gasteiger partial charge >= 0.3 is 0 Å². The third kappa shape index (κ3) is 3.92. The number of halogens is 2. The van der Waals surface area contributed by atoms with E-state index in [1.165, 1.54) is 6.07 Å². The fraction of sp³-hybridized carbons (Fsp3) is 0.538. The molecule has 1 fully saturated rings. The minimum Gasteiger partial charge on any atom is -0.326 e. The van der Waals surface area contributed by atoms with Gasteiger partial charge in [-0.15, -0.1) is 0 Å². The molecule has 1 aliphatic heterocycles. The van der Waals surface area contributed by atoms with Crippen molar-refractivity contribution in [3.05, 3.63) is 28.5 Å². The van der Waals surface area contributed by atoms with Crippen LogP contribution in [0.3, 0.4) is 0 Å². The van der Waals surface area contributed by atoms with Gasteiger partial charge in [0.05, 0.1) is 0 Å². The molecular formula is C13H19ClFN3O2S. The van der Waals surface area contributed by atoms with E-state index in [2.05, 4.69) is 9.62 Å². The first-order valence-corrected chi connectivity index (χ1v) is 8.56. The van der Waals surface area contributed by atoms with Crippen molar-refractivity contribution < 1.29 is 12.8 Å². The van der Waals surface area contributed by atoms with Crippen molar-refractivity contribution in [3.8, 4) is 0 Å².